The highest BCUT2D eigenvalue weighted by Gasteiger charge is 2.10. The second kappa shape index (κ2) is 5.65. The van der Waals surface area contributed by atoms with Crippen LogP contribution in [0.1, 0.15) is 0 Å². The van der Waals surface area contributed by atoms with Gasteiger partial charge in [-0.1, -0.05) is 35.0 Å². The number of carbonyl (C=O) groups is 1. The zero-order valence-electron chi connectivity index (χ0n) is 9.01. The summed E-state index contributed by atoms with van der Waals surface area (Å²) in [7, 11) is 0. The summed E-state index contributed by atoms with van der Waals surface area (Å²) < 4.78 is 1.73. The monoisotopic (exact) mass is 302 g/mol. The summed E-state index contributed by atoms with van der Waals surface area (Å²) in [6.45, 7) is 0. The summed E-state index contributed by atoms with van der Waals surface area (Å²) in [5.41, 5.74) is 0.714. The molecule has 0 aliphatic heterocycles. The molecule has 4 nitrogen and oxygen atoms in total. The summed E-state index contributed by atoms with van der Waals surface area (Å²) in [6.07, 6.45) is 3.31. The van der Waals surface area contributed by atoms with E-state index < -0.39 is 5.97 Å². The van der Waals surface area contributed by atoms with Crippen molar-refractivity contribution in [1.29, 1.82) is 0 Å². The molecular formula is C11H8Cl2N2O2S. The Balaban J connectivity index is 2.33. The number of rotatable bonds is 4. The second-order valence-corrected chi connectivity index (χ2v) is 5.14. The normalized spacial score (nSPS) is 10.6. The second-order valence-electron chi connectivity index (χ2n) is 3.36. The molecule has 0 radical (unpaired) electrons. The Morgan fingerprint density at radius 2 is 2.22 bits per heavy atom. The number of carboxylic acid groups (broad SMARTS) is 1. The molecule has 94 valence electrons. The quantitative estimate of drug-likeness (QED) is 0.880. The van der Waals surface area contributed by atoms with Gasteiger partial charge in [-0.3, -0.25) is 9.36 Å². The van der Waals surface area contributed by atoms with Crippen molar-refractivity contribution >= 4 is 40.9 Å². The predicted molar refractivity (Wildman–Crippen MR) is 71.9 cm³/mol. The van der Waals surface area contributed by atoms with Crippen LogP contribution in [0.4, 0.5) is 0 Å². The maximum absolute atomic E-state index is 10.6. The molecule has 0 fully saturated rings. The number of imidazole rings is 1. The van der Waals surface area contributed by atoms with E-state index in [4.69, 9.17) is 28.3 Å². The number of hydrogen-bond donors (Lipinski definition) is 1. The first kappa shape index (κ1) is 13.3. The molecule has 1 heterocycles. The minimum atomic E-state index is -0.892. The first-order valence-corrected chi connectivity index (χ1v) is 6.65. The molecule has 1 aromatic carbocycles. The van der Waals surface area contributed by atoms with Gasteiger partial charge in [0.2, 0.25) is 0 Å². The first-order valence-electron chi connectivity index (χ1n) is 4.91. The molecule has 0 saturated heterocycles. The third-order valence-corrected chi connectivity index (χ3v) is 3.59. The molecular weight excluding hydrogens is 295 g/mol. The van der Waals surface area contributed by atoms with E-state index in [1.54, 1.807) is 35.2 Å². The van der Waals surface area contributed by atoms with Gasteiger partial charge in [0, 0.05) is 17.4 Å². The van der Waals surface area contributed by atoms with Gasteiger partial charge < -0.3 is 5.11 Å². The molecule has 2 rings (SSSR count). The van der Waals surface area contributed by atoms with Crippen LogP contribution in [0.3, 0.4) is 0 Å². The Morgan fingerprint density at radius 3 is 2.89 bits per heavy atom. The van der Waals surface area contributed by atoms with Gasteiger partial charge in [0.25, 0.3) is 0 Å². The van der Waals surface area contributed by atoms with Crippen LogP contribution in [0.2, 0.25) is 10.0 Å². The van der Waals surface area contributed by atoms with Gasteiger partial charge in [-0.15, -0.1) is 0 Å². The number of halogens is 2. The zero-order valence-corrected chi connectivity index (χ0v) is 11.3. The van der Waals surface area contributed by atoms with Crippen LogP contribution in [0.25, 0.3) is 5.69 Å². The van der Waals surface area contributed by atoms with Crippen molar-refractivity contribution in [3.8, 4) is 5.69 Å². The van der Waals surface area contributed by atoms with E-state index in [0.29, 0.717) is 20.9 Å². The molecule has 0 aliphatic rings. The van der Waals surface area contributed by atoms with Gasteiger partial charge in [-0.25, -0.2) is 4.98 Å². The average Bonchev–Trinajstić information content (AvgIpc) is 2.74. The molecule has 0 unspecified atom stereocenters. The lowest BCUT2D eigenvalue weighted by molar-refractivity contribution is -0.133. The maximum Gasteiger partial charge on any atom is 0.313 e. The van der Waals surface area contributed by atoms with Gasteiger partial charge in [-0.05, 0) is 18.2 Å². The molecule has 0 amide bonds. The molecule has 0 saturated carbocycles. The Kier molecular flexibility index (Phi) is 4.16. The lowest BCUT2D eigenvalue weighted by Gasteiger charge is -2.08. The Bertz CT molecular complexity index is 586. The highest BCUT2D eigenvalue weighted by atomic mass is 35.5. The van der Waals surface area contributed by atoms with Gasteiger partial charge >= 0.3 is 5.97 Å². The van der Waals surface area contributed by atoms with Crippen molar-refractivity contribution in [2.45, 2.75) is 5.16 Å². The van der Waals surface area contributed by atoms with E-state index in [1.807, 2.05) is 0 Å². The van der Waals surface area contributed by atoms with Crippen LogP contribution in [0.15, 0.2) is 35.7 Å². The summed E-state index contributed by atoms with van der Waals surface area (Å²) in [5, 5.41) is 10.3. The van der Waals surface area contributed by atoms with Crippen molar-refractivity contribution in [3.63, 3.8) is 0 Å². The topological polar surface area (TPSA) is 55.1 Å². The van der Waals surface area contributed by atoms with Gasteiger partial charge in [0.05, 0.1) is 16.5 Å². The third kappa shape index (κ3) is 2.98. The van der Waals surface area contributed by atoms with Crippen LogP contribution >= 0.6 is 35.0 Å². The smallest absolute Gasteiger partial charge is 0.313 e. The van der Waals surface area contributed by atoms with Gasteiger partial charge in [0.1, 0.15) is 0 Å². The molecule has 0 atom stereocenters. The van der Waals surface area contributed by atoms with Crippen molar-refractivity contribution < 1.29 is 9.90 Å². The fraction of sp³-hybridized carbons (Fsp3) is 0.0909. The van der Waals surface area contributed by atoms with Gasteiger partial charge in [0.15, 0.2) is 5.16 Å². The largest absolute Gasteiger partial charge is 0.481 e. The number of carboxylic acids is 1. The zero-order chi connectivity index (χ0) is 13.1. The summed E-state index contributed by atoms with van der Waals surface area (Å²) in [6, 6.07) is 5.11. The molecule has 0 aliphatic carbocycles. The Hall–Kier alpha value is -1.17. The molecule has 1 N–H and O–H groups in total. The minimum absolute atomic E-state index is 0.0534. The molecule has 2 aromatic rings. The van der Waals surface area contributed by atoms with E-state index in [9.17, 15) is 4.79 Å². The summed E-state index contributed by atoms with van der Waals surface area (Å²) >= 11 is 13.1. The van der Waals surface area contributed by atoms with Crippen LogP contribution in [0.5, 0.6) is 0 Å². The summed E-state index contributed by atoms with van der Waals surface area (Å²) in [4.78, 5) is 14.7. The van der Waals surface area contributed by atoms with Crippen molar-refractivity contribution in [1.82, 2.24) is 9.55 Å². The highest BCUT2D eigenvalue weighted by molar-refractivity contribution is 7.99. The number of nitrogens with zero attached hydrogens (tertiary/aromatic N) is 2. The third-order valence-electron chi connectivity index (χ3n) is 2.10. The number of thioether (sulfide) groups is 1. The van der Waals surface area contributed by atoms with Crippen molar-refractivity contribution in [3.05, 3.63) is 40.6 Å². The number of benzene rings is 1. The highest BCUT2D eigenvalue weighted by Crippen LogP contribution is 2.28. The maximum atomic E-state index is 10.6. The average molecular weight is 303 g/mol. The molecule has 0 bridgehead atoms. The van der Waals surface area contributed by atoms with E-state index in [1.165, 1.54) is 0 Å². The Morgan fingerprint density at radius 1 is 1.44 bits per heavy atom. The van der Waals surface area contributed by atoms with E-state index in [0.717, 1.165) is 11.8 Å². The van der Waals surface area contributed by atoms with Crippen LogP contribution in [0, 0.1) is 0 Å². The molecule has 18 heavy (non-hydrogen) atoms. The number of aliphatic carboxylic acids is 1. The van der Waals surface area contributed by atoms with Crippen LogP contribution in [-0.2, 0) is 4.79 Å². The lowest BCUT2D eigenvalue weighted by Crippen LogP contribution is -2.01. The minimum Gasteiger partial charge on any atom is -0.481 e. The predicted octanol–water partition coefficient (Wildman–Crippen LogP) is 3.36. The van der Waals surface area contributed by atoms with E-state index in [2.05, 4.69) is 4.98 Å². The van der Waals surface area contributed by atoms with E-state index in [-0.39, 0.29) is 5.75 Å². The van der Waals surface area contributed by atoms with Crippen LogP contribution < -0.4 is 0 Å². The summed E-state index contributed by atoms with van der Waals surface area (Å²) in [5.74, 6) is -0.945. The van der Waals surface area contributed by atoms with Crippen molar-refractivity contribution in [2.24, 2.45) is 0 Å². The SMILES string of the molecule is O=C(O)CSc1nccn1-c1ccc(Cl)cc1Cl. The fourth-order valence-corrected chi connectivity index (χ4v) is 2.57. The number of hydrogen-bond acceptors (Lipinski definition) is 3. The fourth-order valence-electron chi connectivity index (χ4n) is 1.38. The standard InChI is InChI=1S/C11H8Cl2N2O2S/c12-7-1-2-9(8(13)5-7)15-4-3-14-11(15)18-6-10(16)17/h1-5H,6H2,(H,16,17). The lowest BCUT2D eigenvalue weighted by atomic mass is 10.3. The van der Waals surface area contributed by atoms with E-state index >= 15 is 0 Å². The van der Waals surface area contributed by atoms with Gasteiger partial charge in [-0.2, -0.15) is 0 Å². The first-order chi connectivity index (χ1) is 8.58. The molecule has 7 heteroatoms. The molecule has 0 spiro atoms. The number of aromatic nitrogens is 2. The van der Waals surface area contributed by atoms with Crippen LogP contribution in [-0.4, -0.2) is 26.4 Å². The Labute approximate surface area is 118 Å². The molecule has 1 aromatic heterocycles. The van der Waals surface area contributed by atoms with Crippen molar-refractivity contribution in [2.75, 3.05) is 5.75 Å².